The molecule has 0 bridgehead atoms. The van der Waals surface area contributed by atoms with Gasteiger partial charge in [-0.05, 0) is 18.7 Å². The minimum absolute atomic E-state index is 0.151. The molecule has 2 aromatic heterocycles. The Bertz CT molecular complexity index is 635. The molecule has 1 aliphatic heterocycles. The average Bonchev–Trinajstić information content (AvgIpc) is 3.09. The van der Waals surface area contributed by atoms with Crippen LogP contribution < -0.4 is 0 Å². The van der Waals surface area contributed by atoms with Gasteiger partial charge < -0.3 is 14.2 Å². The molecule has 1 fully saturated rings. The van der Waals surface area contributed by atoms with E-state index in [1.54, 1.807) is 6.20 Å². The zero-order valence-corrected chi connectivity index (χ0v) is 13.3. The molecule has 0 aliphatic carbocycles. The predicted molar refractivity (Wildman–Crippen MR) is 84.5 cm³/mol. The third-order valence-electron chi connectivity index (χ3n) is 4.08. The van der Waals surface area contributed by atoms with Crippen molar-refractivity contribution in [3.63, 3.8) is 0 Å². The summed E-state index contributed by atoms with van der Waals surface area (Å²) in [7, 11) is 0. The van der Waals surface area contributed by atoms with Gasteiger partial charge in [0.2, 0.25) is 11.8 Å². The Kier molecular flexibility index (Phi) is 4.97. The largest absolute Gasteiger partial charge is 0.419 e. The predicted octanol–water partition coefficient (Wildman–Crippen LogP) is 1.23. The highest BCUT2D eigenvalue weighted by Crippen LogP contribution is 2.15. The number of nitrogens with zero attached hydrogens (tertiary/aromatic N) is 5. The van der Waals surface area contributed by atoms with Gasteiger partial charge in [-0.2, -0.15) is 0 Å². The summed E-state index contributed by atoms with van der Waals surface area (Å²) in [6.45, 7) is 6.69. The number of likely N-dealkylation sites (N-methyl/N-ethyl adjacent to an activating group) is 1. The lowest BCUT2D eigenvalue weighted by molar-refractivity contribution is -0.132. The molecule has 7 heteroatoms. The molecule has 1 amide bonds. The van der Waals surface area contributed by atoms with Crippen LogP contribution in [0.15, 0.2) is 28.8 Å². The number of amides is 1. The van der Waals surface area contributed by atoms with Gasteiger partial charge in [0.05, 0.1) is 0 Å². The molecule has 3 heterocycles. The van der Waals surface area contributed by atoms with Crippen LogP contribution in [-0.4, -0.2) is 63.6 Å². The molecule has 0 radical (unpaired) electrons. The van der Waals surface area contributed by atoms with Crippen LogP contribution in [-0.2, 0) is 11.2 Å². The van der Waals surface area contributed by atoms with Crippen LogP contribution in [0.3, 0.4) is 0 Å². The van der Waals surface area contributed by atoms with E-state index < -0.39 is 0 Å². The number of hydrogen-bond donors (Lipinski definition) is 0. The fourth-order valence-corrected chi connectivity index (χ4v) is 2.63. The topological polar surface area (TPSA) is 75.4 Å². The highest BCUT2D eigenvalue weighted by molar-refractivity contribution is 5.76. The Morgan fingerprint density at radius 1 is 1.22 bits per heavy atom. The summed E-state index contributed by atoms with van der Waals surface area (Å²) in [5, 5.41) is 7.99. The van der Waals surface area contributed by atoms with Crippen LogP contribution in [0.5, 0.6) is 0 Å². The number of carbonyl (C=O) groups excluding carboxylic acids is 1. The van der Waals surface area contributed by atoms with Crippen molar-refractivity contribution in [2.24, 2.45) is 0 Å². The van der Waals surface area contributed by atoms with Crippen molar-refractivity contribution in [3.05, 3.63) is 30.3 Å². The Balaban J connectivity index is 1.51. The van der Waals surface area contributed by atoms with E-state index in [-0.39, 0.29) is 5.91 Å². The summed E-state index contributed by atoms with van der Waals surface area (Å²) in [4.78, 5) is 20.7. The second kappa shape index (κ2) is 7.32. The summed E-state index contributed by atoms with van der Waals surface area (Å²) in [5.74, 6) is 1.02. The maximum Gasteiger partial charge on any atom is 0.266 e. The van der Waals surface area contributed by atoms with E-state index in [2.05, 4.69) is 27.0 Å². The van der Waals surface area contributed by atoms with Crippen LogP contribution in [0, 0.1) is 0 Å². The van der Waals surface area contributed by atoms with Crippen molar-refractivity contribution < 1.29 is 9.21 Å². The smallest absolute Gasteiger partial charge is 0.266 e. The molecule has 0 atom stereocenters. The van der Waals surface area contributed by atoms with Gasteiger partial charge in [-0.15, -0.1) is 10.2 Å². The van der Waals surface area contributed by atoms with E-state index in [0.29, 0.717) is 30.3 Å². The van der Waals surface area contributed by atoms with E-state index in [1.165, 1.54) is 0 Å². The highest BCUT2D eigenvalue weighted by atomic mass is 16.4. The number of pyridine rings is 1. The van der Waals surface area contributed by atoms with Gasteiger partial charge in [-0.1, -0.05) is 13.0 Å². The second-order valence-electron chi connectivity index (χ2n) is 5.53. The summed E-state index contributed by atoms with van der Waals surface area (Å²) in [5.41, 5.74) is 0.647. The molecular weight excluding hydrogens is 294 g/mol. The number of piperazine rings is 1. The SMILES string of the molecule is CCN1CCN(C(=O)CCc2nnc(-c3ccccn3)o2)CC1. The first-order valence-corrected chi connectivity index (χ1v) is 8.00. The van der Waals surface area contributed by atoms with Crippen LogP contribution in [0.4, 0.5) is 0 Å². The van der Waals surface area contributed by atoms with Gasteiger partial charge in [-0.25, -0.2) is 0 Å². The molecule has 0 N–H and O–H groups in total. The Hall–Kier alpha value is -2.28. The molecule has 1 saturated heterocycles. The van der Waals surface area contributed by atoms with Gasteiger partial charge in [0.15, 0.2) is 0 Å². The molecule has 0 spiro atoms. The molecule has 2 aromatic rings. The molecule has 0 saturated carbocycles. The van der Waals surface area contributed by atoms with E-state index in [9.17, 15) is 4.79 Å². The average molecular weight is 315 g/mol. The lowest BCUT2D eigenvalue weighted by atomic mass is 10.2. The summed E-state index contributed by atoms with van der Waals surface area (Å²) in [6, 6.07) is 5.51. The van der Waals surface area contributed by atoms with E-state index in [1.807, 2.05) is 23.1 Å². The van der Waals surface area contributed by atoms with Crippen molar-refractivity contribution in [1.29, 1.82) is 0 Å². The lowest BCUT2D eigenvalue weighted by Gasteiger charge is -2.34. The minimum atomic E-state index is 0.151. The summed E-state index contributed by atoms with van der Waals surface area (Å²) in [6.07, 6.45) is 2.54. The van der Waals surface area contributed by atoms with Gasteiger partial charge in [0, 0.05) is 45.2 Å². The van der Waals surface area contributed by atoms with Crippen molar-refractivity contribution in [2.75, 3.05) is 32.7 Å². The van der Waals surface area contributed by atoms with Crippen molar-refractivity contribution >= 4 is 5.91 Å². The molecule has 7 nitrogen and oxygen atoms in total. The second-order valence-corrected chi connectivity index (χ2v) is 5.53. The first-order chi connectivity index (χ1) is 11.3. The first kappa shape index (κ1) is 15.6. The molecule has 0 unspecified atom stereocenters. The summed E-state index contributed by atoms with van der Waals surface area (Å²) < 4.78 is 5.58. The Morgan fingerprint density at radius 2 is 2.04 bits per heavy atom. The van der Waals surface area contributed by atoms with Crippen LogP contribution in [0.1, 0.15) is 19.2 Å². The normalized spacial score (nSPS) is 15.8. The Labute approximate surface area is 135 Å². The Morgan fingerprint density at radius 3 is 2.74 bits per heavy atom. The van der Waals surface area contributed by atoms with Crippen molar-refractivity contribution in [1.82, 2.24) is 25.0 Å². The number of aryl methyl sites for hydroxylation is 1. The maximum absolute atomic E-state index is 12.2. The summed E-state index contributed by atoms with van der Waals surface area (Å²) >= 11 is 0. The molecule has 3 rings (SSSR count). The van der Waals surface area contributed by atoms with Gasteiger partial charge in [0.1, 0.15) is 5.69 Å². The monoisotopic (exact) mass is 315 g/mol. The first-order valence-electron chi connectivity index (χ1n) is 8.00. The van der Waals surface area contributed by atoms with E-state index >= 15 is 0 Å². The standard InChI is InChI=1S/C16H21N5O2/c1-2-20-9-11-21(12-10-20)15(22)7-6-14-18-19-16(23-14)13-5-3-4-8-17-13/h3-5,8H,2,6-7,9-12H2,1H3. The fourth-order valence-electron chi connectivity index (χ4n) is 2.63. The number of aromatic nitrogens is 3. The number of rotatable bonds is 5. The van der Waals surface area contributed by atoms with Gasteiger partial charge in [0.25, 0.3) is 5.89 Å². The third kappa shape index (κ3) is 3.92. The van der Waals surface area contributed by atoms with Crippen molar-refractivity contribution in [3.8, 4) is 11.6 Å². The quantitative estimate of drug-likeness (QED) is 0.826. The number of hydrogen-bond acceptors (Lipinski definition) is 6. The highest BCUT2D eigenvalue weighted by Gasteiger charge is 2.20. The van der Waals surface area contributed by atoms with Gasteiger partial charge >= 0.3 is 0 Å². The fraction of sp³-hybridized carbons (Fsp3) is 0.500. The van der Waals surface area contributed by atoms with E-state index in [0.717, 1.165) is 32.7 Å². The maximum atomic E-state index is 12.2. The zero-order chi connectivity index (χ0) is 16.1. The molecular formula is C16H21N5O2. The molecule has 1 aliphatic rings. The van der Waals surface area contributed by atoms with Crippen LogP contribution in [0.2, 0.25) is 0 Å². The van der Waals surface area contributed by atoms with E-state index in [4.69, 9.17) is 4.42 Å². The van der Waals surface area contributed by atoms with Gasteiger partial charge in [-0.3, -0.25) is 9.78 Å². The zero-order valence-electron chi connectivity index (χ0n) is 13.3. The van der Waals surface area contributed by atoms with Crippen molar-refractivity contribution in [2.45, 2.75) is 19.8 Å². The lowest BCUT2D eigenvalue weighted by Crippen LogP contribution is -2.48. The van der Waals surface area contributed by atoms with Crippen LogP contribution >= 0.6 is 0 Å². The third-order valence-corrected chi connectivity index (χ3v) is 4.08. The van der Waals surface area contributed by atoms with Crippen LogP contribution in [0.25, 0.3) is 11.6 Å². The molecule has 0 aromatic carbocycles. The number of carbonyl (C=O) groups is 1. The molecule has 122 valence electrons. The molecule has 23 heavy (non-hydrogen) atoms. The minimum Gasteiger partial charge on any atom is -0.419 e.